The summed E-state index contributed by atoms with van der Waals surface area (Å²) in [4.78, 5) is 4.59. The summed E-state index contributed by atoms with van der Waals surface area (Å²) in [6, 6.07) is 10.4. The molecule has 0 saturated carbocycles. The van der Waals surface area contributed by atoms with Gasteiger partial charge in [0.25, 0.3) is 0 Å². The van der Waals surface area contributed by atoms with Crippen molar-refractivity contribution in [2.75, 3.05) is 0 Å². The third-order valence-corrected chi connectivity index (χ3v) is 5.17. The highest BCUT2D eigenvalue weighted by Gasteiger charge is 2.28. The van der Waals surface area contributed by atoms with E-state index in [0.717, 1.165) is 27.4 Å². The van der Waals surface area contributed by atoms with Crippen molar-refractivity contribution < 1.29 is 0 Å². The molecule has 1 aromatic heterocycles. The quantitative estimate of drug-likeness (QED) is 0.798. The Morgan fingerprint density at radius 1 is 1.25 bits per heavy atom. The van der Waals surface area contributed by atoms with Crippen LogP contribution in [0.25, 0.3) is 0 Å². The summed E-state index contributed by atoms with van der Waals surface area (Å²) in [6.45, 7) is 0. The first-order valence-electron chi connectivity index (χ1n) is 6.81. The summed E-state index contributed by atoms with van der Waals surface area (Å²) in [7, 11) is 0. The van der Waals surface area contributed by atoms with E-state index in [1.807, 2.05) is 18.3 Å². The molecule has 1 aliphatic rings. The minimum Gasteiger partial charge on any atom is -0.323 e. The normalized spacial score (nSPS) is 19.4. The predicted octanol–water partition coefficient (Wildman–Crippen LogP) is 4.73. The molecule has 104 valence electrons. The molecule has 0 saturated heterocycles. The van der Waals surface area contributed by atoms with E-state index in [1.54, 1.807) is 0 Å². The Hall–Kier alpha value is -0.710. The van der Waals surface area contributed by atoms with Crippen LogP contribution < -0.4 is 5.73 Å². The van der Waals surface area contributed by atoms with Gasteiger partial charge in [-0.05, 0) is 48.6 Å². The molecule has 1 aromatic carbocycles. The number of benzene rings is 1. The maximum Gasteiger partial charge on any atom is 0.0485 e. The fraction of sp³-hybridized carbons (Fsp3) is 0.312. The SMILES string of the molecule is NC(c1ccc(Br)cc1Br)C1CCCc2cccnc21. The molecule has 20 heavy (non-hydrogen) atoms. The smallest absolute Gasteiger partial charge is 0.0485 e. The van der Waals surface area contributed by atoms with E-state index < -0.39 is 0 Å². The number of nitrogens with zero attached hydrogens (tertiary/aromatic N) is 1. The highest BCUT2D eigenvalue weighted by Crippen LogP contribution is 2.40. The Morgan fingerprint density at radius 2 is 2.10 bits per heavy atom. The van der Waals surface area contributed by atoms with E-state index in [9.17, 15) is 0 Å². The minimum atomic E-state index is -0.0218. The van der Waals surface area contributed by atoms with Gasteiger partial charge in [-0.2, -0.15) is 0 Å². The number of nitrogens with two attached hydrogens (primary N) is 1. The number of aromatic nitrogens is 1. The van der Waals surface area contributed by atoms with Gasteiger partial charge in [0.1, 0.15) is 0 Å². The second-order valence-corrected chi connectivity index (χ2v) is 7.01. The molecule has 2 atom stereocenters. The van der Waals surface area contributed by atoms with Crippen LogP contribution in [0.1, 0.15) is 41.6 Å². The maximum absolute atomic E-state index is 6.55. The molecule has 0 aliphatic heterocycles. The Bertz CT molecular complexity index is 628. The molecule has 0 spiro atoms. The van der Waals surface area contributed by atoms with Gasteiger partial charge >= 0.3 is 0 Å². The zero-order valence-electron chi connectivity index (χ0n) is 11.0. The van der Waals surface area contributed by atoms with Gasteiger partial charge < -0.3 is 5.73 Å². The minimum absolute atomic E-state index is 0.0218. The third-order valence-electron chi connectivity index (χ3n) is 3.99. The van der Waals surface area contributed by atoms with Crippen molar-refractivity contribution in [3.63, 3.8) is 0 Å². The van der Waals surface area contributed by atoms with Gasteiger partial charge in [-0.15, -0.1) is 0 Å². The Kier molecular flexibility index (Phi) is 4.24. The molecule has 2 N–H and O–H groups in total. The molecular weight excluding hydrogens is 380 g/mol. The molecule has 1 aliphatic carbocycles. The van der Waals surface area contributed by atoms with Crippen molar-refractivity contribution >= 4 is 31.9 Å². The largest absolute Gasteiger partial charge is 0.323 e. The van der Waals surface area contributed by atoms with Gasteiger partial charge in [-0.3, -0.25) is 4.98 Å². The molecule has 2 nitrogen and oxygen atoms in total. The number of fused-ring (bicyclic) bond motifs is 1. The molecule has 2 unspecified atom stereocenters. The monoisotopic (exact) mass is 394 g/mol. The lowest BCUT2D eigenvalue weighted by Gasteiger charge is -2.29. The molecule has 0 bridgehead atoms. The van der Waals surface area contributed by atoms with E-state index in [-0.39, 0.29) is 6.04 Å². The fourth-order valence-corrected chi connectivity index (χ4v) is 4.29. The van der Waals surface area contributed by atoms with Crippen molar-refractivity contribution in [2.45, 2.75) is 31.2 Å². The van der Waals surface area contributed by atoms with Crippen LogP contribution in [0, 0.1) is 0 Å². The van der Waals surface area contributed by atoms with Gasteiger partial charge in [0.2, 0.25) is 0 Å². The maximum atomic E-state index is 6.55. The van der Waals surface area contributed by atoms with Crippen molar-refractivity contribution in [2.24, 2.45) is 5.73 Å². The van der Waals surface area contributed by atoms with Crippen molar-refractivity contribution in [1.29, 1.82) is 0 Å². The van der Waals surface area contributed by atoms with Gasteiger partial charge in [0, 0.05) is 32.8 Å². The van der Waals surface area contributed by atoms with Crippen LogP contribution in [0.2, 0.25) is 0 Å². The standard InChI is InChI=1S/C16H16Br2N2/c17-11-6-7-12(14(18)9-11)15(19)13-5-1-3-10-4-2-8-20-16(10)13/h2,4,6-9,13,15H,1,3,5,19H2. The second kappa shape index (κ2) is 5.96. The predicted molar refractivity (Wildman–Crippen MR) is 88.7 cm³/mol. The van der Waals surface area contributed by atoms with E-state index in [1.165, 1.54) is 17.7 Å². The van der Waals surface area contributed by atoms with Gasteiger partial charge in [0.15, 0.2) is 0 Å². The van der Waals surface area contributed by atoms with Crippen LogP contribution >= 0.6 is 31.9 Å². The van der Waals surface area contributed by atoms with Gasteiger partial charge in [-0.1, -0.05) is 44.0 Å². The van der Waals surface area contributed by atoms with Crippen molar-refractivity contribution in [3.8, 4) is 0 Å². The Labute approximate surface area is 136 Å². The van der Waals surface area contributed by atoms with Crippen molar-refractivity contribution in [1.82, 2.24) is 4.98 Å². The average Bonchev–Trinajstić information content (AvgIpc) is 2.46. The number of rotatable bonds is 2. The van der Waals surface area contributed by atoms with Crippen LogP contribution in [0.5, 0.6) is 0 Å². The topological polar surface area (TPSA) is 38.9 Å². The zero-order valence-corrected chi connectivity index (χ0v) is 14.2. The van der Waals surface area contributed by atoms with Crippen LogP contribution in [0.4, 0.5) is 0 Å². The second-order valence-electron chi connectivity index (χ2n) is 5.24. The van der Waals surface area contributed by atoms with Crippen LogP contribution in [-0.2, 0) is 6.42 Å². The Balaban J connectivity index is 1.97. The lowest BCUT2D eigenvalue weighted by atomic mass is 9.80. The molecule has 0 radical (unpaired) electrons. The summed E-state index contributed by atoms with van der Waals surface area (Å²) >= 11 is 7.11. The lowest BCUT2D eigenvalue weighted by molar-refractivity contribution is 0.462. The van der Waals surface area contributed by atoms with E-state index in [0.29, 0.717) is 5.92 Å². The highest BCUT2D eigenvalue weighted by atomic mass is 79.9. The van der Waals surface area contributed by atoms with E-state index in [2.05, 4.69) is 55.0 Å². The highest BCUT2D eigenvalue weighted by molar-refractivity contribution is 9.11. The fourth-order valence-electron chi connectivity index (χ4n) is 2.98. The molecule has 3 rings (SSSR count). The van der Waals surface area contributed by atoms with Crippen LogP contribution in [-0.4, -0.2) is 4.98 Å². The molecule has 0 amide bonds. The first-order valence-corrected chi connectivity index (χ1v) is 8.39. The first kappa shape index (κ1) is 14.2. The van der Waals surface area contributed by atoms with Gasteiger partial charge in [0.05, 0.1) is 0 Å². The summed E-state index contributed by atoms with van der Waals surface area (Å²) < 4.78 is 2.12. The number of pyridine rings is 1. The molecule has 2 aromatic rings. The van der Waals surface area contributed by atoms with Crippen molar-refractivity contribution in [3.05, 3.63) is 62.3 Å². The average molecular weight is 396 g/mol. The van der Waals surface area contributed by atoms with Crippen LogP contribution in [0.3, 0.4) is 0 Å². The summed E-state index contributed by atoms with van der Waals surface area (Å²) in [5, 5.41) is 0. The van der Waals surface area contributed by atoms with E-state index >= 15 is 0 Å². The molecule has 1 heterocycles. The molecule has 4 heteroatoms. The van der Waals surface area contributed by atoms with Crippen LogP contribution in [0.15, 0.2) is 45.5 Å². The summed E-state index contributed by atoms with van der Waals surface area (Å²) in [5.41, 5.74) is 10.2. The Morgan fingerprint density at radius 3 is 2.90 bits per heavy atom. The summed E-state index contributed by atoms with van der Waals surface area (Å²) in [6.07, 6.45) is 5.29. The number of halogens is 2. The number of hydrogen-bond acceptors (Lipinski definition) is 2. The lowest BCUT2D eigenvalue weighted by Crippen LogP contribution is -2.24. The first-order chi connectivity index (χ1) is 9.66. The van der Waals surface area contributed by atoms with E-state index in [4.69, 9.17) is 5.73 Å². The number of hydrogen-bond donors (Lipinski definition) is 1. The summed E-state index contributed by atoms with van der Waals surface area (Å²) in [5.74, 6) is 0.303. The third kappa shape index (κ3) is 2.69. The zero-order chi connectivity index (χ0) is 14.1. The molecular formula is C16H16Br2N2. The van der Waals surface area contributed by atoms with Gasteiger partial charge in [-0.25, -0.2) is 0 Å². The molecule has 0 fully saturated rings. The number of aryl methyl sites for hydroxylation is 1.